The van der Waals surface area contributed by atoms with E-state index in [9.17, 15) is 0 Å². The summed E-state index contributed by atoms with van der Waals surface area (Å²) in [4.78, 5) is 0. The van der Waals surface area contributed by atoms with E-state index in [1.54, 1.807) is 7.11 Å². The molecule has 0 unspecified atom stereocenters. The van der Waals surface area contributed by atoms with Crippen LogP contribution in [0.4, 0.5) is 0 Å². The number of methoxy groups -OCH3 is 1. The quantitative estimate of drug-likeness (QED) is 0.556. The first-order valence-electron chi connectivity index (χ1n) is 5.90. The fraction of sp³-hybridized carbons (Fsp3) is 0.538. The fourth-order valence-corrected chi connectivity index (χ4v) is 2.09. The number of hydrogen-bond acceptors (Lipinski definition) is 3. The molecule has 0 saturated heterocycles. The third-order valence-electron chi connectivity index (χ3n) is 2.55. The molecule has 1 rings (SSSR count). The van der Waals surface area contributed by atoms with Gasteiger partial charge >= 0.3 is 0 Å². The molecule has 0 bridgehead atoms. The van der Waals surface area contributed by atoms with Crippen molar-refractivity contribution in [3.63, 3.8) is 0 Å². The Labute approximate surface area is 117 Å². The first-order valence-corrected chi connectivity index (χ1v) is 6.98. The SMILES string of the molecule is COCCNCCNCc1cccc(C)c1I. The zero-order valence-corrected chi connectivity index (χ0v) is 12.7. The standard InChI is InChI=1S/C13H21IN2O/c1-11-4-3-5-12(13(11)14)10-16-7-6-15-8-9-17-2/h3-5,15-16H,6-10H2,1-2H3. The molecule has 0 aliphatic carbocycles. The zero-order chi connectivity index (χ0) is 12.5. The molecule has 0 heterocycles. The van der Waals surface area contributed by atoms with Crippen molar-refractivity contribution in [2.24, 2.45) is 0 Å². The van der Waals surface area contributed by atoms with Gasteiger partial charge in [-0.2, -0.15) is 0 Å². The fourth-order valence-electron chi connectivity index (χ4n) is 1.54. The number of rotatable bonds is 8. The van der Waals surface area contributed by atoms with E-state index in [4.69, 9.17) is 4.74 Å². The molecule has 1 aromatic carbocycles. The molecule has 17 heavy (non-hydrogen) atoms. The van der Waals surface area contributed by atoms with Crippen LogP contribution in [0.5, 0.6) is 0 Å². The highest BCUT2D eigenvalue weighted by Crippen LogP contribution is 2.16. The van der Waals surface area contributed by atoms with Gasteiger partial charge in [0.25, 0.3) is 0 Å². The number of benzene rings is 1. The van der Waals surface area contributed by atoms with Gasteiger partial charge in [-0.15, -0.1) is 0 Å². The van der Waals surface area contributed by atoms with E-state index < -0.39 is 0 Å². The average Bonchev–Trinajstić information content (AvgIpc) is 2.33. The van der Waals surface area contributed by atoms with Crippen molar-refractivity contribution < 1.29 is 4.74 Å². The van der Waals surface area contributed by atoms with Crippen molar-refractivity contribution in [1.82, 2.24) is 10.6 Å². The summed E-state index contributed by atoms with van der Waals surface area (Å²) in [6.07, 6.45) is 0. The van der Waals surface area contributed by atoms with Crippen LogP contribution >= 0.6 is 22.6 Å². The van der Waals surface area contributed by atoms with Gasteiger partial charge in [0.1, 0.15) is 0 Å². The topological polar surface area (TPSA) is 33.3 Å². The molecule has 0 aliphatic heterocycles. The van der Waals surface area contributed by atoms with E-state index in [-0.39, 0.29) is 0 Å². The highest BCUT2D eigenvalue weighted by molar-refractivity contribution is 14.1. The zero-order valence-electron chi connectivity index (χ0n) is 10.6. The first kappa shape index (κ1) is 14.9. The lowest BCUT2D eigenvalue weighted by atomic mass is 10.1. The van der Waals surface area contributed by atoms with Crippen LogP contribution in [-0.2, 0) is 11.3 Å². The van der Waals surface area contributed by atoms with Gasteiger partial charge < -0.3 is 15.4 Å². The number of nitrogens with one attached hydrogen (secondary N) is 2. The van der Waals surface area contributed by atoms with Gasteiger partial charge in [0.15, 0.2) is 0 Å². The lowest BCUT2D eigenvalue weighted by Gasteiger charge is -2.09. The molecule has 0 aromatic heterocycles. The molecule has 1 aromatic rings. The van der Waals surface area contributed by atoms with Gasteiger partial charge in [0, 0.05) is 36.9 Å². The Kier molecular flexibility index (Phi) is 7.75. The van der Waals surface area contributed by atoms with E-state index in [1.165, 1.54) is 14.7 Å². The summed E-state index contributed by atoms with van der Waals surface area (Å²) >= 11 is 2.41. The van der Waals surface area contributed by atoms with Crippen molar-refractivity contribution in [3.8, 4) is 0 Å². The number of ether oxygens (including phenoxy) is 1. The Balaban J connectivity index is 2.16. The third kappa shape index (κ3) is 5.81. The molecule has 0 saturated carbocycles. The normalized spacial score (nSPS) is 10.8. The second kappa shape index (κ2) is 8.85. The van der Waals surface area contributed by atoms with Gasteiger partial charge in [0.2, 0.25) is 0 Å². The number of halogens is 1. The van der Waals surface area contributed by atoms with Crippen LogP contribution in [0.2, 0.25) is 0 Å². The summed E-state index contributed by atoms with van der Waals surface area (Å²) in [5, 5.41) is 6.75. The van der Waals surface area contributed by atoms with Crippen LogP contribution in [0.25, 0.3) is 0 Å². The summed E-state index contributed by atoms with van der Waals surface area (Å²) in [5.41, 5.74) is 2.73. The van der Waals surface area contributed by atoms with Gasteiger partial charge in [-0.25, -0.2) is 0 Å². The first-order chi connectivity index (χ1) is 8.25. The van der Waals surface area contributed by atoms with Crippen LogP contribution in [0.15, 0.2) is 18.2 Å². The minimum Gasteiger partial charge on any atom is -0.383 e. The number of hydrogen-bond donors (Lipinski definition) is 2. The summed E-state index contributed by atoms with van der Waals surface area (Å²) < 4.78 is 6.33. The maximum absolute atomic E-state index is 4.96. The molecule has 0 radical (unpaired) electrons. The maximum atomic E-state index is 4.96. The van der Waals surface area contributed by atoms with Crippen LogP contribution < -0.4 is 10.6 Å². The Morgan fingerprint density at radius 2 is 1.94 bits per heavy atom. The Morgan fingerprint density at radius 3 is 2.71 bits per heavy atom. The summed E-state index contributed by atoms with van der Waals surface area (Å²) in [7, 11) is 1.72. The Morgan fingerprint density at radius 1 is 1.18 bits per heavy atom. The van der Waals surface area contributed by atoms with Crippen molar-refractivity contribution in [1.29, 1.82) is 0 Å². The molecule has 0 fully saturated rings. The molecule has 0 aliphatic rings. The van der Waals surface area contributed by atoms with Crippen molar-refractivity contribution in [3.05, 3.63) is 32.9 Å². The Bertz CT molecular complexity index is 331. The monoisotopic (exact) mass is 348 g/mol. The van der Waals surface area contributed by atoms with E-state index in [2.05, 4.69) is 58.3 Å². The van der Waals surface area contributed by atoms with E-state index in [1.807, 2.05) is 0 Å². The average molecular weight is 348 g/mol. The van der Waals surface area contributed by atoms with Crippen molar-refractivity contribution >= 4 is 22.6 Å². The lowest BCUT2D eigenvalue weighted by Crippen LogP contribution is -2.29. The minimum atomic E-state index is 0.774. The van der Waals surface area contributed by atoms with Crippen LogP contribution in [-0.4, -0.2) is 33.4 Å². The lowest BCUT2D eigenvalue weighted by molar-refractivity contribution is 0.199. The van der Waals surface area contributed by atoms with Crippen LogP contribution in [0.3, 0.4) is 0 Å². The van der Waals surface area contributed by atoms with Gasteiger partial charge in [-0.05, 0) is 40.6 Å². The highest BCUT2D eigenvalue weighted by atomic mass is 127. The predicted molar refractivity (Wildman–Crippen MR) is 80.3 cm³/mol. The van der Waals surface area contributed by atoms with Crippen molar-refractivity contribution in [2.75, 3.05) is 33.4 Å². The molecule has 3 nitrogen and oxygen atoms in total. The van der Waals surface area contributed by atoms with Crippen molar-refractivity contribution in [2.45, 2.75) is 13.5 Å². The van der Waals surface area contributed by atoms with Gasteiger partial charge in [-0.3, -0.25) is 0 Å². The molecule has 0 spiro atoms. The van der Waals surface area contributed by atoms with E-state index in [0.29, 0.717) is 0 Å². The molecule has 4 heteroatoms. The number of aryl methyl sites for hydroxylation is 1. The highest BCUT2D eigenvalue weighted by Gasteiger charge is 2.00. The second-order valence-corrected chi connectivity index (χ2v) is 5.05. The molecule has 0 atom stereocenters. The molecular weight excluding hydrogens is 327 g/mol. The largest absolute Gasteiger partial charge is 0.383 e. The predicted octanol–water partition coefficient (Wildman–Crippen LogP) is 1.93. The molecule has 2 N–H and O–H groups in total. The molecular formula is C13H21IN2O. The van der Waals surface area contributed by atoms with Gasteiger partial charge in [0.05, 0.1) is 6.61 Å². The second-order valence-electron chi connectivity index (χ2n) is 3.97. The van der Waals surface area contributed by atoms with Crippen LogP contribution in [0, 0.1) is 10.5 Å². The summed E-state index contributed by atoms with van der Waals surface area (Å²) in [5.74, 6) is 0. The smallest absolute Gasteiger partial charge is 0.0587 e. The van der Waals surface area contributed by atoms with Gasteiger partial charge in [-0.1, -0.05) is 18.2 Å². The Hall–Kier alpha value is -0.170. The van der Waals surface area contributed by atoms with Crippen LogP contribution in [0.1, 0.15) is 11.1 Å². The maximum Gasteiger partial charge on any atom is 0.0587 e. The third-order valence-corrected chi connectivity index (χ3v) is 4.09. The minimum absolute atomic E-state index is 0.774. The van der Waals surface area contributed by atoms with E-state index >= 15 is 0 Å². The van der Waals surface area contributed by atoms with E-state index in [0.717, 1.165) is 32.8 Å². The summed E-state index contributed by atoms with van der Waals surface area (Å²) in [6, 6.07) is 6.45. The molecule has 96 valence electrons. The molecule has 0 amide bonds. The summed E-state index contributed by atoms with van der Waals surface area (Å²) in [6.45, 7) is 6.74.